The van der Waals surface area contributed by atoms with Gasteiger partial charge in [-0.05, 0) is 24.5 Å². The average molecular weight is 331 g/mol. The molecule has 1 aromatic carbocycles. The van der Waals surface area contributed by atoms with Gasteiger partial charge in [-0.2, -0.15) is 18.2 Å². The standard InChI is InChI=1S/C15H16F3NO4/c1-2-22-13(20)12-14(21,15(16,17)18)11-10-6-4-3-5-9(10)7-8-19(11)23-12/h3-6,11-12,21H,2,7-8H2,1H3/t11-,12+,14-/m0/s1. The van der Waals surface area contributed by atoms with Crippen molar-refractivity contribution < 1.29 is 32.6 Å². The lowest BCUT2D eigenvalue weighted by atomic mass is 9.80. The van der Waals surface area contributed by atoms with Gasteiger partial charge in [0.2, 0.25) is 11.7 Å². The molecule has 8 heteroatoms. The summed E-state index contributed by atoms with van der Waals surface area (Å²) in [5, 5.41) is 11.6. The van der Waals surface area contributed by atoms with E-state index in [0.717, 1.165) is 5.06 Å². The number of halogens is 3. The van der Waals surface area contributed by atoms with Gasteiger partial charge in [-0.15, -0.1) is 0 Å². The molecule has 2 heterocycles. The first-order valence-electron chi connectivity index (χ1n) is 7.27. The van der Waals surface area contributed by atoms with E-state index < -0.39 is 29.9 Å². The lowest BCUT2D eigenvalue weighted by Gasteiger charge is -2.37. The van der Waals surface area contributed by atoms with Gasteiger partial charge in [0.05, 0.1) is 6.61 Å². The third-order valence-electron chi connectivity index (χ3n) is 4.25. The Morgan fingerprint density at radius 3 is 2.83 bits per heavy atom. The van der Waals surface area contributed by atoms with E-state index >= 15 is 0 Å². The van der Waals surface area contributed by atoms with E-state index in [0.29, 0.717) is 17.5 Å². The molecule has 126 valence electrons. The molecule has 0 amide bonds. The van der Waals surface area contributed by atoms with E-state index in [1.54, 1.807) is 18.2 Å². The van der Waals surface area contributed by atoms with Crippen LogP contribution in [-0.2, 0) is 20.8 Å². The quantitative estimate of drug-likeness (QED) is 0.837. The first kappa shape index (κ1) is 16.2. The second kappa shape index (κ2) is 5.47. The number of hydrogen-bond acceptors (Lipinski definition) is 5. The van der Waals surface area contributed by atoms with Crippen molar-refractivity contribution in [2.75, 3.05) is 13.2 Å². The number of rotatable bonds is 2. The van der Waals surface area contributed by atoms with E-state index in [1.807, 2.05) is 0 Å². The van der Waals surface area contributed by atoms with Crippen LogP contribution in [0.4, 0.5) is 13.2 Å². The monoisotopic (exact) mass is 331 g/mol. The van der Waals surface area contributed by atoms with Crippen molar-refractivity contribution in [1.29, 1.82) is 0 Å². The van der Waals surface area contributed by atoms with Crippen LogP contribution < -0.4 is 0 Å². The number of benzene rings is 1. The summed E-state index contributed by atoms with van der Waals surface area (Å²) < 4.78 is 45.7. The number of nitrogens with zero attached hydrogens (tertiary/aromatic N) is 1. The molecule has 0 unspecified atom stereocenters. The number of carbonyl (C=O) groups excluding carboxylic acids is 1. The van der Waals surface area contributed by atoms with Crippen molar-refractivity contribution in [1.82, 2.24) is 5.06 Å². The zero-order chi connectivity index (χ0) is 16.8. The predicted molar refractivity (Wildman–Crippen MR) is 72.1 cm³/mol. The number of hydroxylamine groups is 2. The summed E-state index contributed by atoms with van der Waals surface area (Å²) in [6, 6.07) is 5.04. The molecule has 3 atom stereocenters. The van der Waals surface area contributed by atoms with Crippen LogP contribution in [-0.4, -0.2) is 47.2 Å². The molecule has 0 aliphatic carbocycles. The molecule has 23 heavy (non-hydrogen) atoms. The van der Waals surface area contributed by atoms with Crippen molar-refractivity contribution >= 4 is 5.97 Å². The Labute approximate surface area is 130 Å². The summed E-state index contributed by atoms with van der Waals surface area (Å²) in [6.45, 7) is 1.52. The molecular weight excluding hydrogens is 315 g/mol. The smallest absolute Gasteiger partial charge is 0.422 e. The molecule has 3 rings (SSSR count). The van der Waals surface area contributed by atoms with Gasteiger partial charge in [-0.25, -0.2) is 4.79 Å². The van der Waals surface area contributed by atoms with Crippen LogP contribution in [0.5, 0.6) is 0 Å². The lowest BCUT2D eigenvalue weighted by Crippen LogP contribution is -2.58. The number of hydrogen-bond donors (Lipinski definition) is 1. The van der Waals surface area contributed by atoms with Gasteiger partial charge in [0.1, 0.15) is 6.04 Å². The average Bonchev–Trinajstić information content (AvgIpc) is 2.82. The number of alkyl halides is 3. The Morgan fingerprint density at radius 2 is 2.17 bits per heavy atom. The lowest BCUT2D eigenvalue weighted by molar-refractivity contribution is -0.278. The highest BCUT2D eigenvalue weighted by Crippen LogP contribution is 2.53. The highest BCUT2D eigenvalue weighted by molar-refractivity contribution is 5.77. The van der Waals surface area contributed by atoms with Crippen LogP contribution in [0.1, 0.15) is 24.1 Å². The fraction of sp³-hybridized carbons (Fsp3) is 0.533. The number of carbonyl (C=O) groups is 1. The second-order valence-electron chi connectivity index (χ2n) is 5.55. The number of aliphatic hydroxyl groups is 1. The number of esters is 1. The summed E-state index contributed by atoms with van der Waals surface area (Å²) in [4.78, 5) is 17.1. The minimum Gasteiger partial charge on any atom is -0.464 e. The molecule has 1 fully saturated rings. The van der Waals surface area contributed by atoms with Crippen molar-refractivity contribution in [3.05, 3.63) is 35.4 Å². The molecule has 1 saturated heterocycles. The van der Waals surface area contributed by atoms with Crippen LogP contribution in [0.15, 0.2) is 24.3 Å². The third-order valence-corrected chi connectivity index (χ3v) is 4.25. The first-order chi connectivity index (χ1) is 10.8. The molecule has 1 N–H and O–H groups in total. The van der Waals surface area contributed by atoms with Gasteiger partial charge in [-0.1, -0.05) is 24.3 Å². The minimum atomic E-state index is -5.06. The van der Waals surface area contributed by atoms with Crippen molar-refractivity contribution in [3.8, 4) is 0 Å². The van der Waals surface area contributed by atoms with Gasteiger partial charge < -0.3 is 9.84 Å². The summed E-state index contributed by atoms with van der Waals surface area (Å²) in [5.74, 6) is -1.22. The zero-order valence-corrected chi connectivity index (χ0v) is 12.3. The Morgan fingerprint density at radius 1 is 1.48 bits per heavy atom. The van der Waals surface area contributed by atoms with Crippen LogP contribution in [0.25, 0.3) is 0 Å². The maximum atomic E-state index is 13.7. The Kier molecular flexibility index (Phi) is 3.86. The highest BCUT2D eigenvalue weighted by atomic mass is 19.4. The Bertz CT molecular complexity index is 621. The van der Waals surface area contributed by atoms with Gasteiger partial charge in [0.15, 0.2) is 0 Å². The molecular formula is C15H16F3NO4. The molecule has 0 saturated carbocycles. The Balaban J connectivity index is 2.11. The van der Waals surface area contributed by atoms with Crippen molar-refractivity contribution in [2.45, 2.75) is 37.3 Å². The molecule has 2 aliphatic rings. The van der Waals surface area contributed by atoms with E-state index in [1.165, 1.54) is 13.0 Å². The normalized spacial score (nSPS) is 30.7. The van der Waals surface area contributed by atoms with E-state index in [-0.39, 0.29) is 13.2 Å². The van der Waals surface area contributed by atoms with Crippen molar-refractivity contribution in [3.63, 3.8) is 0 Å². The van der Waals surface area contributed by atoms with E-state index in [4.69, 9.17) is 4.84 Å². The summed E-state index contributed by atoms with van der Waals surface area (Å²) in [6.07, 6.45) is -6.73. The van der Waals surface area contributed by atoms with E-state index in [9.17, 15) is 23.1 Å². The van der Waals surface area contributed by atoms with Crippen LogP contribution in [0, 0.1) is 0 Å². The fourth-order valence-electron chi connectivity index (χ4n) is 3.22. The summed E-state index contributed by atoms with van der Waals surface area (Å²) in [5.41, 5.74) is -2.36. The minimum absolute atomic E-state index is 0.103. The highest BCUT2D eigenvalue weighted by Gasteiger charge is 2.73. The molecule has 0 bridgehead atoms. The van der Waals surface area contributed by atoms with Crippen LogP contribution >= 0.6 is 0 Å². The van der Waals surface area contributed by atoms with Gasteiger partial charge in [0.25, 0.3) is 0 Å². The second-order valence-corrected chi connectivity index (χ2v) is 5.55. The van der Waals surface area contributed by atoms with Gasteiger partial charge in [-0.3, -0.25) is 4.84 Å². The molecule has 2 aliphatic heterocycles. The molecule has 1 aromatic rings. The topological polar surface area (TPSA) is 59.0 Å². The van der Waals surface area contributed by atoms with Gasteiger partial charge in [0, 0.05) is 6.54 Å². The predicted octanol–water partition coefficient (Wildman–Crippen LogP) is 1.76. The molecule has 0 radical (unpaired) electrons. The summed E-state index contributed by atoms with van der Waals surface area (Å²) in [7, 11) is 0. The van der Waals surface area contributed by atoms with Crippen LogP contribution in [0.2, 0.25) is 0 Å². The maximum absolute atomic E-state index is 13.7. The Hall–Kier alpha value is -1.64. The molecule has 0 aromatic heterocycles. The maximum Gasteiger partial charge on any atom is 0.422 e. The number of ether oxygens (including phenoxy) is 1. The largest absolute Gasteiger partial charge is 0.464 e. The van der Waals surface area contributed by atoms with Crippen molar-refractivity contribution in [2.24, 2.45) is 0 Å². The summed E-state index contributed by atoms with van der Waals surface area (Å²) >= 11 is 0. The fourth-order valence-corrected chi connectivity index (χ4v) is 3.22. The van der Waals surface area contributed by atoms with Crippen LogP contribution in [0.3, 0.4) is 0 Å². The zero-order valence-electron chi connectivity index (χ0n) is 12.3. The van der Waals surface area contributed by atoms with E-state index in [2.05, 4.69) is 4.74 Å². The number of fused-ring (bicyclic) bond motifs is 3. The molecule has 0 spiro atoms. The van der Waals surface area contributed by atoms with Gasteiger partial charge >= 0.3 is 12.1 Å². The first-order valence-corrected chi connectivity index (χ1v) is 7.27. The molecule has 5 nitrogen and oxygen atoms in total. The third kappa shape index (κ3) is 2.32. The SMILES string of the molecule is CCOC(=O)[C@H]1ON2CCc3ccccc3[C@H]2[C@@]1(O)C(F)(F)F.